The van der Waals surface area contributed by atoms with Gasteiger partial charge < -0.3 is 15.5 Å². The monoisotopic (exact) mass is 527 g/mol. The Hall–Kier alpha value is -4.25. The molecule has 2 fully saturated rings. The minimum absolute atomic E-state index is 0.145. The van der Waals surface area contributed by atoms with Crippen molar-refractivity contribution in [3.05, 3.63) is 75.5 Å². The molecule has 0 atom stereocenters. The summed E-state index contributed by atoms with van der Waals surface area (Å²) in [6, 6.07) is 9.19. The van der Waals surface area contributed by atoms with E-state index in [9.17, 15) is 9.59 Å². The Labute approximate surface area is 225 Å². The van der Waals surface area contributed by atoms with E-state index < -0.39 is 0 Å². The van der Waals surface area contributed by atoms with Crippen LogP contribution in [-0.4, -0.2) is 55.3 Å². The van der Waals surface area contributed by atoms with Gasteiger partial charge in [0.1, 0.15) is 5.39 Å². The third kappa shape index (κ3) is 4.32. The lowest BCUT2D eigenvalue weighted by Gasteiger charge is -2.39. The second kappa shape index (κ2) is 9.49. The molecule has 6 rings (SSSR count). The molecule has 11 nitrogen and oxygen atoms in total. The molecule has 2 aliphatic heterocycles. The van der Waals surface area contributed by atoms with Crippen LogP contribution in [0, 0.1) is 12.3 Å². The van der Waals surface area contributed by atoms with E-state index in [0.717, 1.165) is 31.9 Å². The lowest BCUT2D eigenvalue weighted by Crippen LogP contribution is -2.54. The van der Waals surface area contributed by atoms with Crippen LogP contribution >= 0.6 is 0 Å². The average Bonchev–Trinajstić information content (AvgIpc) is 3.45. The zero-order valence-electron chi connectivity index (χ0n) is 22.5. The molecule has 2 aliphatic rings. The number of benzene rings is 1. The summed E-state index contributed by atoms with van der Waals surface area (Å²) in [4.78, 5) is 37.2. The summed E-state index contributed by atoms with van der Waals surface area (Å²) in [5.41, 5.74) is 3.65. The second-order valence-corrected chi connectivity index (χ2v) is 10.9. The van der Waals surface area contributed by atoms with Gasteiger partial charge in [0.15, 0.2) is 11.5 Å². The van der Waals surface area contributed by atoms with Crippen LogP contribution in [-0.2, 0) is 6.54 Å². The number of hydrogen-bond acceptors (Lipinski definition) is 8. The summed E-state index contributed by atoms with van der Waals surface area (Å²) >= 11 is 0. The number of anilines is 3. The summed E-state index contributed by atoms with van der Waals surface area (Å²) in [5.74, 6) is 0.768. The maximum atomic E-state index is 13.2. The molecule has 0 aliphatic carbocycles. The van der Waals surface area contributed by atoms with E-state index in [1.165, 1.54) is 39.3 Å². The molecule has 3 aromatic heterocycles. The van der Waals surface area contributed by atoms with Crippen molar-refractivity contribution >= 4 is 28.4 Å². The van der Waals surface area contributed by atoms with E-state index in [1.807, 2.05) is 19.9 Å². The van der Waals surface area contributed by atoms with Crippen molar-refractivity contribution in [1.29, 1.82) is 0 Å². The first-order chi connectivity index (χ1) is 18.8. The molecule has 1 aromatic carbocycles. The molecule has 0 unspecified atom stereocenters. The Morgan fingerprint density at radius 2 is 2.03 bits per heavy atom. The smallest absolute Gasteiger partial charge is 0.278 e. The zero-order chi connectivity index (χ0) is 27.3. The molecule has 39 heavy (non-hydrogen) atoms. The first-order valence-electron chi connectivity index (χ1n) is 13.3. The lowest BCUT2D eigenvalue weighted by atomic mass is 9.81. The van der Waals surface area contributed by atoms with Crippen LogP contribution in [0.15, 0.2) is 58.8 Å². The average molecular weight is 528 g/mol. The molecule has 2 N–H and O–H groups in total. The number of rotatable bonds is 7. The van der Waals surface area contributed by atoms with E-state index in [0.29, 0.717) is 28.2 Å². The van der Waals surface area contributed by atoms with E-state index in [2.05, 4.69) is 51.3 Å². The third-order valence-electron chi connectivity index (χ3n) is 7.73. The van der Waals surface area contributed by atoms with Gasteiger partial charge in [-0.25, -0.2) is 19.0 Å². The number of fused-ring (bicyclic) bond motifs is 1. The number of nitrogens with one attached hydrogen (secondary N) is 2. The first-order valence-corrected chi connectivity index (χ1v) is 13.3. The Balaban J connectivity index is 1.35. The van der Waals surface area contributed by atoms with Crippen molar-refractivity contribution in [2.24, 2.45) is 5.41 Å². The highest BCUT2D eigenvalue weighted by molar-refractivity contribution is 5.77. The van der Waals surface area contributed by atoms with Crippen molar-refractivity contribution in [3.63, 3.8) is 0 Å². The van der Waals surface area contributed by atoms with Crippen LogP contribution in [0.5, 0.6) is 0 Å². The van der Waals surface area contributed by atoms with E-state index >= 15 is 0 Å². The molecule has 1 spiro atoms. The molecule has 0 bridgehead atoms. The highest BCUT2D eigenvalue weighted by atomic mass is 16.1. The minimum Gasteiger partial charge on any atom is -0.371 e. The molecule has 202 valence electrons. The first kappa shape index (κ1) is 25.1. The predicted octanol–water partition coefficient (Wildman–Crippen LogP) is 2.76. The van der Waals surface area contributed by atoms with Gasteiger partial charge in [0, 0.05) is 55.2 Å². The molecule has 2 saturated heterocycles. The maximum absolute atomic E-state index is 13.2. The van der Waals surface area contributed by atoms with Gasteiger partial charge in [0.25, 0.3) is 11.1 Å². The van der Waals surface area contributed by atoms with Crippen LogP contribution in [0.3, 0.4) is 0 Å². The van der Waals surface area contributed by atoms with Gasteiger partial charge in [-0.05, 0) is 57.0 Å². The maximum Gasteiger partial charge on any atom is 0.278 e. The van der Waals surface area contributed by atoms with E-state index in [4.69, 9.17) is 4.98 Å². The van der Waals surface area contributed by atoms with Crippen molar-refractivity contribution in [2.75, 3.05) is 36.4 Å². The second-order valence-electron chi connectivity index (χ2n) is 10.9. The van der Waals surface area contributed by atoms with Gasteiger partial charge in [-0.1, -0.05) is 6.08 Å². The fraction of sp³-hybridized carbons (Fsp3) is 0.393. The van der Waals surface area contributed by atoms with Gasteiger partial charge in [0.05, 0.1) is 12.6 Å². The van der Waals surface area contributed by atoms with E-state index in [1.54, 1.807) is 16.8 Å². The zero-order valence-corrected chi connectivity index (χ0v) is 22.5. The SMILES string of the molecule is C=CCn1c(=O)c2cnc(Nc3ccc(N4CCC5(CNC5)C4)c(C)c3)nc2n1-c1ccc(=O)n(C(C)C)n1. The number of nitrogens with zero attached hydrogens (tertiary/aromatic N) is 7. The van der Waals surface area contributed by atoms with Crippen LogP contribution in [0.25, 0.3) is 16.9 Å². The lowest BCUT2D eigenvalue weighted by molar-refractivity contribution is 0.200. The Kier molecular flexibility index (Phi) is 6.10. The number of aryl methyl sites for hydroxylation is 1. The van der Waals surface area contributed by atoms with Gasteiger partial charge >= 0.3 is 0 Å². The molecule has 5 heterocycles. The van der Waals surface area contributed by atoms with Gasteiger partial charge in [0.2, 0.25) is 5.95 Å². The van der Waals surface area contributed by atoms with Crippen molar-refractivity contribution in [1.82, 2.24) is 34.4 Å². The van der Waals surface area contributed by atoms with E-state index in [-0.39, 0.29) is 23.7 Å². The fourth-order valence-electron chi connectivity index (χ4n) is 5.63. The predicted molar refractivity (Wildman–Crippen MR) is 152 cm³/mol. The molecule has 11 heteroatoms. The number of aromatic nitrogens is 6. The standard InChI is InChI=1S/C28H33N9O2/c1-5-11-35-26(39)21-14-30-27(32-25(21)37(35)23-8-9-24(38)36(33-23)18(2)3)31-20-6-7-22(19(4)13-20)34-12-10-28(17-34)15-29-16-28/h5-9,13-14,18,29H,1,10-12,15-17H2,2-4H3,(H,30,31,32). The van der Waals surface area contributed by atoms with Crippen LogP contribution in [0.1, 0.15) is 31.9 Å². The number of allylic oxidation sites excluding steroid dienone is 1. The van der Waals surface area contributed by atoms with Crippen LogP contribution in [0.4, 0.5) is 17.3 Å². The minimum atomic E-state index is -0.259. The number of hydrogen-bond donors (Lipinski definition) is 2. The summed E-state index contributed by atoms with van der Waals surface area (Å²) in [5, 5.41) is 11.6. The Morgan fingerprint density at radius 1 is 1.21 bits per heavy atom. The quantitative estimate of drug-likeness (QED) is 0.353. The fourth-order valence-corrected chi connectivity index (χ4v) is 5.63. The topological polar surface area (TPSA) is 115 Å². The molecular formula is C28H33N9O2. The largest absolute Gasteiger partial charge is 0.371 e. The summed E-state index contributed by atoms with van der Waals surface area (Å²) in [6.45, 7) is 14.3. The summed E-state index contributed by atoms with van der Waals surface area (Å²) < 4.78 is 4.50. The molecule has 0 radical (unpaired) electrons. The van der Waals surface area contributed by atoms with Crippen molar-refractivity contribution in [2.45, 2.75) is 39.8 Å². The van der Waals surface area contributed by atoms with Crippen LogP contribution in [0.2, 0.25) is 0 Å². The van der Waals surface area contributed by atoms with Crippen LogP contribution < -0.4 is 26.7 Å². The molecular weight excluding hydrogens is 494 g/mol. The Morgan fingerprint density at radius 3 is 2.69 bits per heavy atom. The Bertz CT molecular complexity index is 1690. The summed E-state index contributed by atoms with van der Waals surface area (Å²) in [6.07, 6.45) is 4.39. The molecule has 4 aromatic rings. The highest BCUT2D eigenvalue weighted by Gasteiger charge is 2.43. The normalized spacial score (nSPS) is 16.3. The van der Waals surface area contributed by atoms with Gasteiger partial charge in [-0.3, -0.25) is 9.59 Å². The van der Waals surface area contributed by atoms with Crippen molar-refractivity contribution in [3.8, 4) is 5.82 Å². The van der Waals surface area contributed by atoms with Gasteiger partial charge in [-0.15, -0.1) is 11.7 Å². The molecule has 0 saturated carbocycles. The molecule has 0 amide bonds. The summed E-state index contributed by atoms with van der Waals surface area (Å²) in [7, 11) is 0. The third-order valence-corrected chi connectivity index (χ3v) is 7.73. The highest BCUT2D eigenvalue weighted by Crippen LogP contribution is 2.38. The van der Waals surface area contributed by atoms with Gasteiger partial charge in [-0.2, -0.15) is 4.98 Å². The van der Waals surface area contributed by atoms with Crippen molar-refractivity contribution < 1.29 is 0 Å².